The number of likely N-dealkylation sites (N-methyl/N-ethyl adjacent to an activating group) is 1. The van der Waals surface area contributed by atoms with Gasteiger partial charge in [-0.2, -0.15) is 0 Å². The first-order valence-electron chi connectivity index (χ1n) is 5.57. The number of fused-ring (bicyclic) bond motifs is 1. The van der Waals surface area contributed by atoms with Gasteiger partial charge in [-0.25, -0.2) is 0 Å². The molecule has 0 bridgehead atoms. The Kier molecular flexibility index (Phi) is 7.13. The van der Waals surface area contributed by atoms with Crippen LogP contribution in [0, 0.1) is 0 Å². The number of halogens is 2. The maximum atomic E-state index is 4.93. The molecule has 18 heavy (non-hydrogen) atoms. The van der Waals surface area contributed by atoms with Gasteiger partial charge in [-0.1, -0.05) is 0 Å². The van der Waals surface area contributed by atoms with Gasteiger partial charge in [0.1, 0.15) is 0 Å². The van der Waals surface area contributed by atoms with Gasteiger partial charge in [0.25, 0.3) is 0 Å². The standard InChI is InChI=1S/C12H17N3.2ClH.Zr/c1-13-10-4-8-6-11(14-2)12(15-3)7-9(8)5-10;;;/h4,6-7,13-15H,5H2,1-3H3;2*1H;/q;;;+2/p-2. The Morgan fingerprint density at radius 3 is 2.06 bits per heavy atom. The van der Waals surface area contributed by atoms with Gasteiger partial charge in [0.2, 0.25) is 0 Å². The molecule has 6 heteroatoms. The van der Waals surface area contributed by atoms with Crippen LogP contribution in [0.2, 0.25) is 0 Å². The Morgan fingerprint density at radius 2 is 1.56 bits per heavy atom. The molecule has 0 atom stereocenters. The molecule has 3 N–H and O–H groups in total. The first-order chi connectivity index (χ1) is 8.69. The average molecular weight is 365 g/mol. The van der Waals surface area contributed by atoms with Crippen LogP contribution in [0.5, 0.6) is 0 Å². The van der Waals surface area contributed by atoms with Crippen molar-refractivity contribution in [3.8, 4) is 0 Å². The third kappa shape index (κ3) is 3.91. The molecule has 2 rings (SSSR count). The fourth-order valence-electron chi connectivity index (χ4n) is 1.97. The molecular formula is C12H17Cl2N3Zr. The number of nitrogens with one attached hydrogen (secondary N) is 3. The molecule has 0 heterocycles. The van der Waals surface area contributed by atoms with E-state index >= 15 is 0 Å². The summed E-state index contributed by atoms with van der Waals surface area (Å²) in [5.41, 5.74) is 6.26. The van der Waals surface area contributed by atoms with E-state index in [2.05, 4.69) is 34.2 Å². The summed E-state index contributed by atoms with van der Waals surface area (Å²) in [6, 6.07) is 4.40. The number of hydrogen-bond donors (Lipinski definition) is 3. The van der Waals surface area contributed by atoms with Crippen LogP contribution in [0.25, 0.3) is 6.08 Å². The molecule has 0 radical (unpaired) electrons. The third-order valence-corrected chi connectivity index (χ3v) is 2.85. The van der Waals surface area contributed by atoms with Crippen LogP contribution in [-0.4, -0.2) is 21.1 Å². The van der Waals surface area contributed by atoms with Crippen LogP contribution in [0.1, 0.15) is 11.1 Å². The van der Waals surface area contributed by atoms with Crippen LogP contribution in [0.15, 0.2) is 17.8 Å². The molecule has 0 amide bonds. The topological polar surface area (TPSA) is 36.1 Å². The van der Waals surface area contributed by atoms with Gasteiger partial charge in [0.15, 0.2) is 0 Å². The molecular weight excluding hydrogens is 348 g/mol. The Morgan fingerprint density at radius 1 is 1.00 bits per heavy atom. The van der Waals surface area contributed by atoms with Crippen molar-refractivity contribution in [2.75, 3.05) is 31.8 Å². The van der Waals surface area contributed by atoms with Gasteiger partial charge >= 0.3 is 37.9 Å². The number of rotatable bonds is 3. The van der Waals surface area contributed by atoms with Crippen LogP contribution in [-0.2, 0) is 27.3 Å². The number of anilines is 2. The van der Waals surface area contributed by atoms with Gasteiger partial charge in [0, 0.05) is 33.3 Å². The minimum atomic E-state index is -0.826. The van der Waals surface area contributed by atoms with E-state index in [0.717, 1.165) is 17.8 Å². The van der Waals surface area contributed by atoms with E-state index in [-0.39, 0.29) is 0 Å². The predicted molar refractivity (Wildman–Crippen MR) is 78.0 cm³/mol. The summed E-state index contributed by atoms with van der Waals surface area (Å²) in [6.45, 7) is 0. The fourth-order valence-corrected chi connectivity index (χ4v) is 1.97. The van der Waals surface area contributed by atoms with E-state index < -0.39 is 20.8 Å². The number of benzene rings is 1. The second-order valence-electron chi connectivity index (χ2n) is 3.76. The number of hydrogen-bond acceptors (Lipinski definition) is 3. The van der Waals surface area contributed by atoms with Gasteiger partial charge in [-0.05, 0) is 29.3 Å². The Hall–Kier alpha value is -0.177. The van der Waals surface area contributed by atoms with E-state index in [1.807, 2.05) is 21.1 Å². The van der Waals surface area contributed by atoms with Crippen LogP contribution < -0.4 is 16.0 Å². The molecule has 1 aliphatic rings. The van der Waals surface area contributed by atoms with Gasteiger partial charge < -0.3 is 16.0 Å². The van der Waals surface area contributed by atoms with Crippen LogP contribution in [0.3, 0.4) is 0 Å². The zero-order valence-corrected chi connectivity index (χ0v) is 14.7. The molecule has 1 aromatic rings. The van der Waals surface area contributed by atoms with E-state index in [1.165, 1.54) is 16.8 Å². The summed E-state index contributed by atoms with van der Waals surface area (Å²) in [7, 11) is 15.7. The summed E-state index contributed by atoms with van der Waals surface area (Å²) >= 11 is -0.826. The minimum absolute atomic E-state index is 0.826. The Balaban J connectivity index is 0.000000492. The summed E-state index contributed by atoms with van der Waals surface area (Å²) in [4.78, 5) is 0. The molecule has 1 aliphatic carbocycles. The van der Waals surface area contributed by atoms with Gasteiger partial charge in [-0.3, -0.25) is 0 Å². The Bertz CT molecular complexity index is 436. The van der Waals surface area contributed by atoms with E-state index in [9.17, 15) is 0 Å². The van der Waals surface area contributed by atoms with Crippen molar-refractivity contribution < 1.29 is 20.8 Å². The Labute approximate surface area is 127 Å². The van der Waals surface area contributed by atoms with Gasteiger partial charge in [0.05, 0.1) is 11.4 Å². The van der Waals surface area contributed by atoms with Crippen LogP contribution in [0.4, 0.5) is 11.4 Å². The molecule has 0 saturated heterocycles. The molecule has 0 unspecified atom stereocenters. The second kappa shape index (κ2) is 8.09. The molecule has 0 aliphatic heterocycles. The molecule has 0 fully saturated rings. The third-order valence-electron chi connectivity index (χ3n) is 2.85. The van der Waals surface area contributed by atoms with Crippen molar-refractivity contribution in [2.45, 2.75) is 6.42 Å². The second-order valence-corrected chi connectivity index (χ2v) is 7.50. The summed E-state index contributed by atoms with van der Waals surface area (Å²) in [5.74, 6) is 0. The molecule has 98 valence electrons. The molecule has 1 aromatic carbocycles. The summed E-state index contributed by atoms with van der Waals surface area (Å²) < 4.78 is 0. The van der Waals surface area contributed by atoms with Crippen LogP contribution >= 0.6 is 17.0 Å². The first kappa shape index (κ1) is 15.9. The van der Waals surface area contributed by atoms with E-state index in [4.69, 9.17) is 17.0 Å². The molecule has 0 spiro atoms. The van der Waals surface area contributed by atoms with Crippen molar-refractivity contribution in [1.29, 1.82) is 0 Å². The monoisotopic (exact) mass is 363 g/mol. The first-order valence-corrected chi connectivity index (χ1v) is 11.9. The summed E-state index contributed by atoms with van der Waals surface area (Å²) in [6.07, 6.45) is 3.21. The fraction of sp³-hybridized carbons (Fsp3) is 0.333. The van der Waals surface area contributed by atoms with Crippen molar-refractivity contribution in [2.24, 2.45) is 0 Å². The molecule has 3 nitrogen and oxygen atoms in total. The van der Waals surface area contributed by atoms with Crippen molar-refractivity contribution in [3.05, 3.63) is 29.0 Å². The summed E-state index contributed by atoms with van der Waals surface area (Å²) in [5, 5.41) is 9.61. The van der Waals surface area contributed by atoms with Crippen molar-refractivity contribution >= 4 is 34.5 Å². The van der Waals surface area contributed by atoms with E-state index in [1.54, 1.807) is 0 Å². The maximum absolute atomic E-state index is 4.93. The van der Waals surface area contributed by atoms with Gasteiger partial charge in [-0.15, -0.1) is 0 Å². The molecule has 0 aromatic heterocycles. The van der Waals surface area contributed by atoms with E-state index in [0.29, 0.717) is 0 Å². The SMILES string of the molecule is CNC1=Cc2cc(NC)c(NC)cc2C1.[Cl][Zr][Cl]. The van der Waals surface area contributed by atoms with Crippen molar-refractivity contribution in [1.82, 2.24) is 5.32 Å². The quantitative estimate of drug-likeness (QED) is 0.770. The van der Waals surface area contributed by atoms with Crippen molar-refractivity contribution in [3.63, 3.8) is 0 Å². The average Bonchev–Trinajstić information content (AvgIpc) is 2.79. The molecule has 0 saturated carbocycles. The normalized spacial score (nSPS) is 11.7. The zero-order valence-electron chi connectivity index (χ0n) is 10.7. The number of allylic oxidation sites excluding steroid dienone is 1. The predicted octanol–water partition coefficient (Wildman–Crippen LogP) is 3.26. The zero-order chi connectivity index (χ0) is 13.5.